The summed E-state index contributed by atoms with van der Waals surface area (Å²) < 4.78 is 1.22. The summed E-state index contributed by atoms with van der Waals surface area (Å²) in [4.78, 5) is 22.1. The fraction of sp³-hybridized carbons (Fsp3) is 0.391. The van der Waals surface area contributed by atoms with Gasteiger partial charge in [0.2, 0.25) is 5.91 Å². The number of benzene rings is 2. The van der Waals surface area contributed by atoms with E-state index in [9.17, 15) is 4.79 Å². The summed E-state index contributed by atoms with van der Waals surface area (Å²) in [6.45, 7) is 9.23. The summed E-state index contributed by atoms with van der Waals surface area (Å²) in [5.74, 6) is 0.0638. The molecule has 5 nitrogen and oxygen atoms in total. The molecule has 0 saturated carbocycles. The Balaban J connectivity index is 1.33. The molecule has 0 aliphatic carbocycles. The van der Waals surface area contributed by atoms with E-state index in [2.05, 4.69) is 46.3 Å². The Bertz CT molecular complexity index is 927. The van der Waals surface area contributed by atoms with E-state index in [-0.39, 0.29) is 11.9 Å². The molecule has 1 atom stereocenters. The highest BCUT2D eigenvalue weighted by Gasteiger charge is 2.25. The minimum absolute atomic E-state index is 0.0638. The summed E-state index contributed by atoms with van der Waals surface area (Å²) in [5, 5.41) is 4.18. The van der Waals surface area contributed by atoms with E-state index in [1.165, 1.54) is 10.3 Å². The molecule has 3 aromatic rings. The van der Waals surface area contributed by atoms with Gasteiger partial charge >= 0.3 is 0 Å². The van der Waals surface area contributed by atoms with Gasteiger partial charge in [0, 0.05) is 38.3 Å². The molecular weight excluding hydrogens is 380 g/mol. The van der Waals surface area contributed by atoms with Crippen LogP contribution in [-0.2, 0) is 11.2 Å². The lowest BCUT2D eigenvalue weighted by Gasteiger charge is -2.36. The number of rotatable bonds is 6. The van der Waals surface area contributed by atoms with Gasteiger partial charge in [0.15, 0.2) is 0 Å². The van der Waals surface area contributed by atoms with E-state index in [0.717, 1.165) is 55.4 Å². The second kappa shape index (κ2) is 9.03. The molecule has 1 saturated heterocycles. The Hall–Kier alpha value is -2.28. The van der Waals surface area contributed by atoms with E-state index < -0.39 is 0 Å². The molecular formula is C23H28N4OS. The van der Waals surface area contributed by atoms with Crippen LogP contribution in [0.4, 0.5) is 5.69 Å². The number of anilines is 1. The Kier molecular flexibility index (Phi) is 6.23. The fourth-order valence-corrected chi connectivity index (χ4v) is 4.76. The first-order chi connectivity index (χ1) is 14.1. The first kappa shape index (κ1) is 20.0. The van der Waals surface area contributed by atoms with Gasteiger partial charge in [-0.25, -0.2) is 4.98 Å². The van der Waals surface area contributed by atoms with Gasteiger partial charge in [-0.2, -0.15) is 0 Å². The maximum Gasteiger partial charge on any atom is 0.241 e. The minimum Gasteiger partial charge on any atom is -0.325 e. The average molecular weight is 409 g/mol. The number of amides is 1. The van der Waals surface area contributed by atoms with Crippen molar-refractivity contribution >= 4 is 33.1 Å². The SMILES string of the molecule is CCN1CCN(C(C)C(=O)Nc2ccc(Cc3nc4ccccc4s3)cc2)CC1. The van der Waals surface area contributed by atoms with Crippen LogP contribution < -0.4 is 5.32 Å². The van der Waals surface area contributed by atoms with Gasteiger partial charge in [0.1, 0.15) is 0 Å². The minimum atomic E-state index is -0.114. The number of aromatic nitrogens is 1. The van der Waals surface area contributed by atoms with Crippen molar-refractivity contribution in [2.24, 2.45) is 0 Å². The van der Waals surface area contributed by atoms with Crippen LogP contribution in [0.2, 0.25) is 0 Å². The molecule has 1 unspecified atom stereocenters. The second-order valence-electron chi connectivity index (χ2n) is 7.58. The number of carbonyl (C=O) groups excluding carboxylic acids is 1. The topological polar surface area (TPSA) is 48.5 Å². The van der Waals surface area contributed by atoms with Crippen molar-refractivity contribution in [3.8, 4) is 0 Å². The molecule has 1 amide bonds. The Labute approximate surface area is 176 Å². The van der Waals surface area contributed by atoms with Gasteiger partial charge in [-0.05, 0) is 43.3 Å². The molecule has 2 heterocycles. The van der Waals surface area contributed by atoms with Crippen LogP contribution >= 0.6 is 11.3 Å². The summed E-state index contributed by atoms with van der Waals surface area (Å²) >= 11 is 1.74. The van der Waals surface area contributed by atoms with Crippen LogP contribution in [0, 0.1) is 0 Å². The van der Waals surface area contributed by atoms with Gasteiger partial charge in [-0.15, -0.1) is 11.3 Å². The van der Waals surface area contributed by atoms with Crippen LogP contribution in [0.1, 0.15) is 24.4 Å². The lowest BCUT2D eigenvalue weighted by molar-refractivity contribution is -0.121. The highest BCUT2D eigenvalue weighted by Crippen LogP contribution is 2.24. The van der Waals surface area contributed by atoms with Gasteiger partial charge in [0.05, 0.1) is 21.3 Å². The predicted octanol–water partition coefficient (Wildman–Crippen LogP) is 3.85. The zero-order valence-corrected chi connectivity index (χ0v) is 17.9. The number of carbonyl (C=O) groups is 1. The van der Waals surface area contributed by atoms with Crippen molar-refractivity contribution in [3.05, 3.63) is 59.1 Å². The van der Waals surface area contributed by atoms with Crippen molar-refractivity contribution in [1.82, 2.24) is 14.8 Å². The number of nitrogens with one attached hydrogen (secondary N) is 1. The number of hydrogen-bond acceptors (Lipinski definition) is 5. The number of thiazole rings is 1. The summed E-state index contributed by atoms with van der Waals surface area (Å²) in [6, 6.07) is 16.2. The number of fused-ring (bicyclic) bond motifs is 1. The molecule has 1 N–H and O–H groups in total. The van der Waals surface area contributed by atoms with Gasteiger partial charge in [0.25, 0.3) is 0 Å². The third-order valence-corrected chi connectivity index (χ3v) is 6.73. The Morgan fingerprint density at radius 1 is 1.10 bits per heavy atom. The molecule has 6 heteroatoms. The van der Waals surface area contributed by atoms with Crippen LogP contribution in [0.3, 0.4) is 0 Å². The van der Waals surface area contributed by atoms with Crippen LogP contribution in [-0.4, -0.2) is 59.5 Å². The van der Waals surface area contributed by atoms with Crippen LogP contribution in [0.25, 0.3) is 10.2 Å². The van der Waals surface area contributed by atoms with Gasteiger partial charge in [-0.1, -0.05) is 31.2 Å². The van der Waals surface area contributed by atoms with Crippen molar-refractivity contribution in [3.63, 3.8) is 0 Å². The largest absolute Gasteiger partial charge is 0.325 e. The first-order valence-corrected chi connectivity index (χ1v) is 11.1. The van der Waals surface area contributed by atoms with Crippen molar-refractivity contribution in [2.45, 2.75) is 26.3 Å². The van der Waals surface area contributed by atoms with Crippen LogP contribution in [0.5, 0.6) is 0 Å². The highest BCUT2D eigenvalue weighted by molar-refractivity contribution is 7.18. The average Bonchev–Trinajstić information content (AvgIpc) is 3.17. The van der Waals surface area contributed by atoms with Crippen molar-refractivity contribution in [1.29, 1.82) is 0 Å². The molecule has 152 valence electrons. The number of para-hydroxylation sites is 1. The Morgan fingerprint density at radius 2 is 1.83 bits per heavy atom. The lowest BCUT2D eigenvalue weighted by Crippen LogP contribution is -2.52. The zero-order valence-electron chi connectivity index (χ0n) is 17.1. The Morgan fingerprint density at radius 3 is 2.52 bits per heavy atom. The number of nitrogens with zero attached hydrogens (tertiary/aromatic N) is 3. The standard InChI is InChI=1S/C23H28N4OS/c1-3-26-12-14-27(15-13-26)17(2)23(28)24-19-10-8-18(9-11-19)16-22-25-20-6-4-5-7-21(20)29-22/h4-11,17H,3,12-16H2,1-2H3,(H,24,28). The van der Waals surface area contributed by atoms with E-state index in [1.54, 1.807) is 11.3 Å². The third-order valence-electron chi connectivity index (χ3n) is 5.70. The maximum absolute atomic E-state index is 12.7. The molecule has 1 fully saturated rings. The van der Waals surface area contributed by atoms with E-state index in [1.807, 2.05) is 31.2 Å². The zero-order chi connectivity index (χ0) is 20.2. The normalized spacial score (nSPS) is 16.8. The number of likely N-dealkylation sites (N-methyl/N-ethyl adjacent to an activating group) is 1. The quantitative estimate of drug-likeness (QED) is 0.673. The molecule has 0 bridgehead atoms. The molecule has 4 rings (SSSR count). The van der Waals surface area contributed by atoms with Gasteiger partial charge < -0.3 is 10.2 Å². The molecule has 29 heavy (non-hydrogen) atoms. The summed E-state index contributed by atoms with van der Waals surface area (Å²) in [6.07, 6.45) is 0.811. The van der Waals surface area contributed by atoms with E-state index in [4.69, 9.17) is 4.98 Å². The predicted molar refractivity (Wildman–Crippen MR) is 121 cm³/mol. The number of hydrogen-bond donors (Lipinski definition) is 1. The van der Waals surface area contributed by atoms with Crippen molar-refractivity contribution in [2.75, 3.05) is 38.0 Å². The molecule has 1 aliphatic rings. The lowest BCUT2D eigenvalue weighted by atomic mass is 10.1. The smallest absolute Gasteiger partial charge is 0.241 e. The molecule has 1 aliphatic heterocycles. The monoisotopic (exact) mass is 408 g/mol. The summed E-state index contributed by atoms with van der Waals surface area (Å²) in [5.41, 5.74) is 3.11. The summed E-state index contributed by atoms with van der Waals surface area (Å²) in [7, 11) is 0. The third kappa shape index (κ3) is 4.83. The molecule has 0 radical (unpaired) electrons. The molecule has 2 aromatic carbocycles. The van der Waals surface area contributed by atoms with Gasteiger partial charge in [-0.3, -0.25) is 9.69 Å². The van der Waals surface area contributed by atoms with Crippen LogP contribution in [0.15, 0.2) is 48.5 Å². The number of piperazine rings is 1. The highest BCUT2D eigenvalue weighted by atomic mass is 32.1. The maximum atomic E-state index is 12.7. The second-order valence-corrected chi connectivity index (χ2v) is 8.70. The molecule has 1 aromatic heterocycles. The molecule has 0 spiro atoms. The first-order valence-electron chi connectivity index (χ1n) is 10.3. The van der Waals surface area contributed by atoms with Crippen molar-refractivity contribution < 1.29 is 4.79 Å². The fourth-order valence-electron chi connectivity index (χ4n) is 3.76. The van der Waals surface area contributed by atoms with E-state index in [0.29, 0.717) is 0 Å². The van der Waals surface area contributed by atoms with E-state index >= 15 is 0 Å².